The lowest BCUT2D eigenvalue weighted by molar-refractivity contribution is 0.101. The number of nitrogens with one attached hydrogen (secondary N) is 2. The fourth-order valence-corrected chi connectivity index (χ4v) is 4.54. The van der Waals surface area contributed by atoms with Gasteiger partial charge in [-0.25, -0.2) is 27.8 Å². The molecule has 1 saturated heterocycles. The van der Waals surface area contributed by atoms with Gasteiger partial charge in [-0.05, 0) is 68.2 Å². The number of nitrogen functional groups attached to an aromatic ring is 1. The van der Waals surface area contributed by atoms with Gasteiger partial charge in [-0.15, -0.1) is 0 Å². The van der Waals surface area contributed by atoms with Gasteiger partial charge in [0.15, 0.2) is 11.6 Å². The Morgan fingerprint density at radius 3 is 2.58 bits per heavy atom. The first-order chi connectivity index (χ1) is 20.7. The van der Waals surface area contributed by atoms with Crippen LogP contribution in [-0.2, 0) is 7.05 Å². The second-order valence-electron chi connectivity index (χ2n) is 9.84. The van der Waals surface area contributed by atoms with Crippen LogP contribution in [0.5, 0.6) is 11.5 Å². The first kappa shape index (κ1) is 29.2. The van der Waals surface area contributed by atoms with Crippen LogP contribution in [-0.4, -0.2) is 38.3 Å². The third-order valence-electron chi connectivity index (χ3n) is 6.84. The van der Waals surface area contributed by atoms with Gasteiger partial charge >= 0.3 is 5.69 Å². The van der Waals surface area contributed by atoms with E-state index in [4.69, 9.17) is 10.5 Å². The predicted molar refractivity (Wildman–Crippen MR) is 155 cm³/mol. The van der Waals surface area contributed by atoms with Crippen molar-refractivity contribution in [3.05, 3.63) is 98.5 Å². The van der Waals surface area contributed by atoms with E-state index in [0.717, 1.165) is 48.8 Å². The van der Waals surface area contributed by atoms with Crippen LogP contribution in [0.25, 0.3) is 5.69 Å². The van der Waals surface area contributed by atoms with Crippen LogP contribution < -0.4 is 32.4 Å². The molecule has 0 radical (unpaired) electrons. The zero-order valence-corrected chi connectivity index (χ0v) is 23.1. The van der Waals surface area contributed by atoms with Gasteiger partial charge in [-0.2, -0.15) is 5.10 Å². The van der Waals surface area contributed by atoms with Crippen molar-refractivity contribution >= 4 is 17.4 Å². The highest BCUT2D eigenvalue weighted by atomic mass is 19.1. The Morgan fingerprint density at radius 1 is 1.12 bits per heavy atom. The van der Waals surface area contributed by atoms with Crippen molar-refractivity contribution < 1.29 is 18.3 Å². The summed E-state index contributed by atoms with van der Waals surface area (Å²) in [5, 5.41) is 9.49. The summed E-state index contributed by atoms with van der Waals surface area (Å²) in [7, 11) is 1.25. The zero-order valence-electron chi connectivity index (χ0n) is 23.1. The Morgan fingerprint density at radius 2 is 1.86 bits per heavy atom. The summed E-state index contributed by atoms with van der Waals surface area (Å²) in [4.78, 5) is 42.6. The molecular formula is C30H27F2N7O4. The third kappa shape index (κ3) is 6.60. The Balaban J connectivity index is 1.35. The lowest BCUT2D eigenvalue weighted by Crippen LogP contribution is -2.43. The number of rotatable bonds is 6. The highest BCUT2D eigenvalue weighted by Crippen LogP contribution is 2.30. The topological polar surface area (TPSA) is 146 Å². The summed E-state index contributed by atoms with van der Waals surface area (Å²) in [5.74, 6) is 4.46. The highest BCUT2D eigenvalue weighted by molar-refractivity contribution is 6.02. The molecule has 5 rings (SSSR count). The third-order valence-corrected chi connectivity index (χ3v) is 6.84. The average molecular weight is 588 g/mol. The number of anilines is 2. The molecule has 0 spiro atoms. The number of carbonyl (C=O) groups is 1. The molecular weight excluding hydrogens is 560 g/mol. The van der Waals surface area contributed by atoms with Crippen molar-refractivity contribution in [3.8, 4) is 29.0 Å². The Kier molecular flexibility index (Phi) is 8.59. The zero-order chi connectivity index (χ0) is 30.5. The van der Waals surface area contributed by atoms with Gasteiger partial charge in [-0.3, -0.25) is 9.59 Å². The van der Waals surface area contributed by atoms with Gasteiger partial charge in [0.05, 0.1) is 5.69 Å². The standard InChI is InChI=1S/C30H27F2N7O4/c1-38-30(42)39(21-8-5-19(31)6-9-21)29(41)26(37-38)28(40)36-20-7-10-25(23(32)17-20)43-24-13-16-35-27(33)22(24)4-2-3-18-11-14-34-15-12-18/h5-10,13,16-18,34H,3,11-12,14-15H2,1H3,(H2,33,35)(H,36,40). The molecule has 1 amide bonds. The van der Waals surface area contributed by atoms with E-state index in [2.05, 4.69) is 32.6 Å². The number of carbonyl (C=O) groups excluding carboxylic acids is 1. The fraction of sp³-hybridized carbons (Fsp3) is 0.233. The number of pyridine rings is 1. The number of hydrogen-bond acceptors (Lipinski definition) is 8. The van der Waals surface area contributed by atoms with Crippen molar-refractivity contribution in [1.82, 2.24) is 24.6 Å². The van der Waals surface area contributed by atoms with Crippen LogP contribution in [0, 0.1) is 29.4 Å². The quantitative estimate of drug-likeness (QED) is 0.292. The number of amides is 1. The molecule has 2 aromatic heterocycles. The molecule has 1 fully saturated rings. The average Bonchev–Trinajstić information content (AvgIpc) is 2.99. The van der Waals surface area contributed by atoms with Gasteiger partial charge in [-0.1, -0.05) is 11.8 Å². The van der Waals surface area contributed by atoms with Gasteiger partial charge in [0.1, 0.15) is 22.9 Å². The smallest absolute Gasteiger partial charge is 0.351 e. The number of ether oxygens (including phenoxy) is 1. The molecule has 43 heavy (non-hydrogen) atoms. The van der Waals surface area contributed by atoms with Crippen LogP contribution in [0.1, 0.15) is 35.3 Å². The lowest BCUT2D eigenvalue weighted by Gasteiger charge is -2.20. The molecule has 1 aliphatic heterocycles. The van der Waals surface area contributed by atoms with Crippen LogP contribution in [0.15, 0.2) is 64.3 Å². The second-order valence-corrected chi connectivity index (χ2v) is 9.84. The van der Waals surface area contributed by atoms with Gasteiger partial charge in [0.2, 0.25) is 5.69 Å². The number of aryl methyl sites for hydroxylation is 1. The summed E-state index contributed by atoms with van der Waals surface area (Å²) in [6.45, 7) is 1.92. The minimum Gasteiger partial charge on any atom is -0.453 e. The summed E-state index contributed by atoms with van der Waals surface area (Å²) in [6.07, 6.45) is 4.20. The van der Waals surface area contributed by atoms with Crippen LogP contribution in [0.3, 0.4) is 0 Å². The summed E-state index contributed by atoms with van der Waals surface area (Å²) in [5.41, 5.74) is 3.91. The number of aromatic nitrogens is 4. The molecule has 13 heteroatoms. The molecule has 3 heterocycles. The van der Waals surface area contributed by atoms with E-state index in [9.17, 15) is 18.8 Å². The summed E-state index contributed by atoms with van der Waals surface area (Å²) < 4.78 is 35.7. The van der Waals surface area contributed by atoms with Crippen LogP contribution in [0.4, 0.5) is 20.3 Å². The SMILES string of the molecule is Cn1nc(C(=O)Nc2ccc(Oc3ccnc(N)c3C#CCC3CCNCC3)c(F)c2)c(=O)n(-c2ccc(F)cc2)c1=O. The van der Waals surface area contributed by atoms with E-state index in [1.165, 1.54) is 43.6 Å². The molecule has 0 aliphatic carbocycles. The van der Waals surface area contributed by atoms with E-state index in [1.807, 2.05) is 0 Å². The minimum atomic E-state index is -1.03. The molecule has 2 aromatic carbocycles. The molecule has 0 atom stereocenters. The maximum atomic E-state index is 15.1. The van der Waals surface area contributed by atoms with E-state index < -0.39 is 34.5 Å². The maximum Gasteiger partial charge on any atom is 0.351 e. The Bertz CT molecular complexity index is 1850. The molecule has 220 valence electrons. The largest absolute Gasteiger partial charge is 0.453 e. The Hall–Kier alpha value is -5.35. The molecule has 4 aromatic rings. The number of nitrogens with two attached hydrogens (primary N) is 1. The first-order valence-corrected chi connectivity index (χ1v) is 13.4. The predicted octanol–water partition coefficient (Wildman–Crippen LogP) is 2.97. The van der Waals surface area contributed by atoms with E-state index in [0.29, 0.717) is 22.5 Å². The number of hydrogen-bond donors (Lipinski definition) is 3. The van der Waals surface area contributed by atoms with Crippen LogP contribution in [0.2, 0.25) is 0 Å². The van der Waals surface area contributed by atoms with Crippen molar-refractivity contribution in [2.45, 2.75) is 19.3 Å². The van der Waals surface area contributed by atoms with Gasteiger partial charge in [0, 0.05) is 37.5 Å². The lowest BCUT2D eigenvalue weighted by atomic mass is 9.95. The van der Waals surface area contributed by atoms with E-state index in [1.54, 1.807) is 0 Å². The van der Waals surface area contributed by atoms with E-state index in [-0.39, 0.29) is 28.7 Å². The number of benzene rings is 2. The number of nitrogens with zero attached hydrogens (tertiary/aromatic N) is 4. The molecule has 0 bridgehead atoms. The first-order valence-electron chi connectivity index (χ1n) is 13.4. The molecule has 1 aliphatic rings. The Labute approximate surface area is 244 Å². The number of halogens is 2. The molecule has 4 N–H and O–H groups in total. The number of piperidine rings is 1. The van der Waals surface area contributed by atoms with Crippen molar-refractivity contribution in [2.75, 3.05) is 24.1 Å². The summed E-state index contributed by atoms with van der Waals surface area (Å²) >= 11 is 0. The van der Waals surface area contributed by atoms with Crippen molar-refractivity contribution in [1.29, 1.82) is 0 Å². The fourth-order valence-electron chi connectivity index (χ4n) is 4.54. The molecule has 0 saturated carbocycles. The normalized spacial score (nSPS) is 13.2. The highest BCUT2D eigenvalue weighted by Gasteiger charge is 2.21. The van der Waals surface area contributed by atoms with E-state index >= 15 is 4.39 Å². The molecule has 0 unspecified atom stereocenters. The monoisotopic (exact) mass is 587 g/mol. The van der Waals surface area contributed by atoms with Gasteiger partial charge < -0.3 is 21.1 Å². The van der Waals surface area contributed by atoms with Crippen molar-refractivity contribution in [3.63, 3.8) is 0 Å². The maximum absolute atomic E-state index is 15.1. The molecule has 11 nitrogen and oxygen atoms in total. The van der Waals surface area contributed by atoms with Crippen molar-refractivity contribution in [2.24, 2.45) is 13.0 Å². The van der Waals surface area contributed by atoms with Gasteiger partial charge in [0.25, 0.3) is 11.5 Å². The minimum absolute atomic E-state index is 0.00513. The second kappa shape index (κ2) is 12.7. The summed E-state index contributed by atoms with van der Waals surface area (Å²) in [6, 6.07) is 9.75. The van der Waals surface area contributed by atoms with Crippen LogP contribution >= 0.6 is 0 Å².